The molecular weight excluding hydrogens is 235 g/mol. The molecule has 0 radical (unpaired) electrons. The van der Waals surface area contributed by atoms with E-state index in [1.54, 1.807) is 6.07 Å². The van der Waals surface area contributed by atoms with Crippen molar-refractivity contribution < 1.29 is 22.3 Å². The zero-order valence-corrected chi connectivity index (χ0v) is 9.22. The SMILES string of the molecule is FC(F)(F)COCc1occc1CNC1CC1. The third-order valence-corrected chi connectivity index (χ3v) is 2.50. The molecule has 0 atom stereocenters. The number of hydrogen-bond acceptors (Lipinski definition) is 3. The van der Waals surface area contributed by atoms with Gasteiger partial charge < -0.3 is 14.5 Å². The zero-order chi connectivity index (χ0) is 12.3. The second-order valence-electron chi connectivity index (χ2n) is 4.13. The molecule has 1 fully saturated rings. The Morgan fingerprint density at radius 2 is 2.18 bits per heavy atom. The highest BCUT2D eigenvalue weighted by molar-refractivity contribution is 5.16. The average molecular weight is 249 g/mol. The minimum Gasteiger partial charge on any atom is -0.467 e. The summed E-state index contributed by atoms with van der Waals surface area (Å²) in [4.78, 5) is 0. The van der Waals surface area contributed by atoms with Crippen LogP contribution in [0, 0.1) is 0 Å². The first-order valence-electron chi connectivity index (χ1n) is 5.48. The lowest BCUT2D eigenvalue weighted by Crippen LogP contribution is -2.18. The molecule has 0 saturated heterocycles. The lowest BCUT2D eigenvalue weighted by atomic mass is 10.2. The summed E-state index contributed by atoms with van der Waals surface area (Å²) in [6.07, 6.45) is -0.495. The summed E-state index contributed by atoms with van der Waals surface area (Å²) in [5.74, 6) is 0.461. The van der Waals surface area contributed by atoms with Gasteiger partial charge in [-0.2, -0.15) is 13.2 Å². The highest BCUT2D eigenvalue weighted by atomic mass is 19.4. The van der Waals surface area contributed by atoms with E-state index in [0.29, 0.717) is 18.3 Å². The van der Waals surface area contributed by atoms with Crippen LogP contribution in [0.15, 0.2) is 16.7 Å². The van der Waals surface area contributed by atoms with Crippen LogP contribution >= 0.6 is 0 Å². The van der Waals surface area contributed by atoms with E-state index in [1.807, 2.05) is 0 Å². The van der Waals surface area contributed by atoms with Gasteiger partial charge >= 0.3 is 6.18 Å². The van der Waals surface area contributed by atoms with Crippen LogP contribution in [0.3, 0.4) is 0 Å². The summed E-state index contributed by atoms with van der Waals surface area (Å²) >= 11 is 0. The zero-order valence-electron chi connectivity index (χ0n) is 9.22. The molecule has 1 N–H and O–H groups in total. The predicted molar refractivity (Wildman–Crippen MR) is 54.3 cm³/mol. The van der Waals surface area contributed by atoms with Gasteiger partial charge in [0.05, 0.1) is 6.26 Å². The molecular formula is C11H14F3NO2. The normalized spacial score (nSPS) is 16.4. The van der Waals surface area contributed by atoms with Crippen molar-refractivity contribution in [3.63, 3.8) is 0 Å². The van der Waals surface area contributed by atoms with Gasteiger partial charge in [-0.3, -0.25) is 0 Å². The molecule has 0 aliphatic heterocycles. The molecule has 0 aromatic carbocycles. The second kappa shape index (κ2) is 5.10. The van der Waals surface area contributed by atoms with E-state index in [9.17, 15) is 13.2 Å². The van der Waals surface area contributed by atoms with Crippen LogP contribution in [-0.2, 0) is 17.9 Å². The first-order valence-corrected chi connectivity index (χ1v) is 5.48. The molecule has 0 unspecified atom stereocenters. The fraction of sp³-hybridized carbons (Fsp3) is 0.636. The standard InChI is InChI=1S/C11H14F3NO2/c12-11(13,14)7-16-6-10-8(3-4-17-10)5-15-9-1-2-9/h3-4,9,15H,1-2,5-7H2. The molecule has 2 rings (SSSR count). The third-order valence-electron chi connectivity index (χ3n) is 2.50. The summed E-state index contributed by atoms with van der Waals surface area (Å²) in [5.41, 5.74) is 0.860. The van der Waals surface area contributed by atoms with Crippen molar-refractivity contribution in [1.29, 1.82) is 0 Å². The lowest BCUT2D eigenvalue weighted by molar-refractivity contribution is -0.177. The number of halogens is 3. The molecule has 3 nitrogen and oxygen atoms in total. The summed E-state index contributed by atoms with van der Waals surface area (Å²) < 4.78 is 45.3. The van der Waals surface area contributed by atoms with Crippen molar-refractivity contribution in [3.8, 4) is 0 Å². The van der Waals surface area contributed by atoms with Gasteiger partial charge in [-0.15, -0.1) is 0 Å². The molecule has 0 amide bonds. The van der Waals surface area contributed by atoms with E-state index < -0.39 is 12.8 Å². The van der Waals surface area contributed by atoms with Gasteiger partial charge in [-0.05, 0) is 18.9 Å². The van der Waals surface area contributed by atoms with Crippen molar-refractivity contribution in [2.75, 3.05) is 6.61 Å². The van der Waals surface area contributed by atoms with Gasteiger partial charge in [0.15, 0.2) is 0 Å². The van der Waals surface area contributed by atoms with Gasteiger partial charge in [0.25, 0.3) is 0 Å². The van der Waals surface area contributed by atoms with Crippen LogP contribution in [0.4, 0.5) is 13.2 Å². The smallest absolute Gasteiger partial charge is 0.411 e. The van der Waals surface area contributed by atoms with E-state index >= 15 is 0 Å². The molecule has 17 heavy (non-hydrogen) atoms. The van der Waals surface area contributed by atoms with E-state index in [4.69, 9.17) is 4.42 Å². The molecule has 0 spiro atoms. The van der Waals surface area contributed by atoms with Crippen LogP contribution in [0.1, 0.15) is 24.2 Å². The predicted octanol–water partition coefficient (Wildman–Crippen LogP) is 2.61. The first kappa shape index (κ1) is 12.4. The molecule has 1 aliphatic carbocycles. The van der Waals surface area contributed by atoms with Crippen molar-refractivity contribution in [1.82, 2.24) is 5.32 Å². The quantitative estimate of drug-likeness (QED) is 0.841. The topological polar surface area (TPSA) is 34.4 Å². The van der Waals surface area contributed by atoms with E-state index in [2.05, 4.69) is 10.1 Å². The van der Waals surface area contributed by atoms with Gasteiger partial charge in [-0.25, -0.2) is 0 Å². The fourth-order valence-electron chi connectivity index (χ4n) is 1.45. The van der Waals surface area contributed by atoms with Crippen LogP contribution < -0.4 is 5.32 Å². The minimum absolute atomic E-state index is 0.145. The molecule has 1 saturated carbocycles. The summed E-state index contributed by atoms with van der Waals surface area (Å²) in [7, 11) is 0. The molecule has 1 aromatic rings. The monoisotopic (exact) mass is 249 g/mol. The van der Waals surface area contributed by atoms with Crippen LogP contribution in [0.25, 0.3) is 0 Å². The van der Waals surface area contributed by atoms with Crippen molar-refractivity contribution in [2.24, 2.45) is 0 Å². The summed E-state index contributed by atoms with van der Waals surface area (Å²) in [6.45, 7) is -0.775. The Morgan fingerprint density at radius 1 is 1.41 bits per heavy atom. The molecule has 6 heteroatoms. The molecule has 1 heterocycles. The van der Waals surface area contributed by atoms with Gasteiger partial charge in [0.2, 0.25) is 0 Å². The van der Waals surface area contributed by atoms with Crippen LogP contribution in [0.5, 0.6) is 0 Å². The number of hydrogen-bond donors (Lipinski definition) is 1. The Balaban J connectivity index is 1.76. The highest BCUT2D eigenvalue weighted by Gasteiger charge is 2.27. The van der Waals surface area contributed by atoms with Crippen LogP contribution in [0.2, 0.25) is 0 Å². The number of alkyl halides is 3. The van der Waals surface area contributed by atoms with E-state index in [-0.39, 0.29) is 6.61 Å². The maximum absolute atomic E-state index is 11.9. The lowest BCUT2D eigenvalue weighted by Gasteiger charge is -2.07. The van der Waals surface area contributed by atoms with Crippen molar-refractivity contribution in [2.45, 2.75) is 38.2 Å². The van der Waals surface area contributed by atoms with E-state index in [1.165, 1.54) is 6.26 Å². The number of furan rings is 1. The van der Waals surface area contributed by atoms with Gasteiger partial charge in [0.1, 0.15) is 19.0 Å². The molecule has 1 aliphatic rings. The Hall–Kier alpha value is -1.01. The second-order valence-corrected chi connectivity index (χ2v) is 4.13. The first-order chi connectivity index (χ1) is 8.04. The van der Waals surface area contributed by atoms with Crippen molar-refractivity contribution in [3.05, 3.63) is 23.7 Å². The summed E-state index contributed by atoms with van der Waals surface area (Å²) in [5, 5.41) is 3.27. The average Bonchev–Trinajstić information content (AvgIpc) is 2.95. The molecule has 1 aromatic heterocycles. The third kappa shape index (κ3) is 4.40. The Bertz CT molecular complexity index is 358. The minimum atomic E-state index is -4.29. The Morgan fingerprint density at radius 3 is 2.82 bits per heavy atom. The maximum Gasteiger partial charge on any atom is 0.411 e. The highest BCUT2D eigenvalue weighted by Crippen LogP contribution is 2.21. The number of nitrogens with one attached hydrogen (secondary N) is 1. The largest absolute Gasteiger partial charge is 0.467 e. The maximum atomic E-state index is 11.9. The number of ether oxygens (including phenoxy) is 1. The molecule has 0 bridgehead atoms. The Labute approximate surface area is 96.9 Å². The fourth-order valence-corrected chi connectivity index (χ4v) is 1.45. The molecule has 96 valence electrons. The van der Waals surface area contributed by atoms with Crippen LogP contribution in [-0.4, -0.2) is 18.8 Å². The van der Waals surface area contributed by atoms with Gasteiger partial charge in [0, 0.05) is 18.2 Å². The summed E-state index contributed by atoms with van der Waals surface area (Å²) in [6, 6.07) is 2.30. The number of rotatable bonds is 6. The van der Waals surface area contributed by atoms with E-state index in [0.717, 1.165) is 18.4 Å². The van der Waals surface area contributed by atoms with Gasteiger partial charge in [-0.1, -0.05) is 0 Å². The van der Waals surface area contributed by atoms with Crippen molar-refractivity contribution >= 4 is 0 Å². The Kier molecular flexibility index (Phi) is 3.73.